The van der Waals surface area contributed by atoms with E-state index in [0.29, 0.717) is 47.5 Å². The highest BCUT2D eigenvalue weighted by molar-refractivity contribution is 6.42. The average Bonchev–Trinajstić information content (AvgIpc) is 3.70. The number of ether oxygens (including phenoxy) is 2. The second-order valence-corrected chi connectivity index (χ2v) is 12.5. The summed E-state index contributed by atoms with van der Waals surface area (Å²) in [5, 5.41) is 4.11. The molecule has 3 aliphatic rings. The standard InChI is InChI=1S/C31H36Cl2N2O5/c1-20(36)39-26-5-3-4-24(16-26)30-12-13-35(18-22-6-7-22)19-31(30,40-21(2)37)11-10-25(17-30)34-29(38)15-23-8-9-27(32)28(33)14-23/h3-5,8-9,14,16,22,25H,6-7,10-13,15,17-19H2,1-2H3,(H,34,38)/t25-,30-,31-/m0/s1. The molecule has 214 valence electrons. The average molecular weight is 588 g/mol. The molecule has 1 amide bonds. The minimum Gasteiger partial charge on any atom is -0.457 e. The first-order valence-corrected chi connectivity index (χ1v) is 14.8. The van der Waals surface area contributed by atoms with Gasteiger partial charge in [-0.25, -0.2) is 0 Å². The molecule has 1 heterocycles. The van der Waals surface area contributed by atoms with Crippen molar-refractivity contribution >= 4 is 41.0 Å². The molecule has 9 heteroatoms. The van der Waals surface area contributed by atoms with Gasteiger partial charge in [0, 0.05) is 38.4 Å². The molecule has 0 aromatic heterocycles. The lowest BCUT2D eigenvalue weighted by Gasteiger charge is -2.59. The highest BCUT2D eigenvalue weighted by Crippen LogP contribution is 2.54. The Morgan fingerprint density at radius 2 is 1.80 bits per heavy atom. The maximum absolute atomic E-state index is 13.2. The van der Waals surface area contributed by atoms with Crippen molar-refractivity contribution in [2.45, 2.75) is 75.9 Å². The molecule has 2 aliphatic carbocycles. The molecule has 2 saturated carbocycles. The molecule has 0 bridgehead atoms. The molecule has 0 radical (unpaired) electrons. The second kappa shape index (κ2) is 11.7. The third kappa shape index (κ3) is 6.32. The third-order valence-corrected chi connectivity index (χ3v) is 9.35. The first-order chi connectivity index (χ1) is 19.1. The van der Waals surface area contributed by atoms with E-state index >= 15 is 0 Å². The van der Waals surface area contributed by atoms with Gasteiger partial charge in [-0.3, -0.25) is 19.3 Å². The van der Waals surface area contributed by atoms with Crippen LogP contribution in [-0.2, 0) is 31.0 Å². The summed E-state index contributed by atoms with van der Waals surface area (Å²) < 4.78 is 11.8. The minimum absolute atomic E-state index is 0.0987. The summed E-state index contributed by atoms with van der Waals surface area (Å²) in [6.07, 6.45) is 5.35. The SMILES string of the molecule is CC(=O)Oc1cccc([C@@]23CCN(CC4CC4)C[C@@]2(OC(C)=O)CC[C@H](NC(=O)Cc2ccc(Cl)c(Cl)c2)C3)c1. The summed E-state index contributed by atoms with van der Waals surface area (Å²) in [5.41, 5.74) is 0.427. The monoisotopic (exact) mass is 586 g/mol. The largest absolute Gasteiger partial charge is 0.457 e. The fourth-order valence-corrected chi connectivity index (χ4v) is 7.09. The van der Waals surface area contributed by atoms with E-state index in [1.807, 2.05) is 18.2 Å². The molecule has 5 rings (SSSR count). The van der Waals surface area contributed by atoms with E-state index in [2.05, 4.69) is 10.2 Å². The van der Waals surface area contributed by atoms with Crippen molar-refractivity contribution in [1.82, 2.24) is 10.2 Å². The number of rotatable bonds is 8. The van der Waals surface area contributed by atoms with E-state index in [9.17, 15) is 14.4 Å². The lowest BCUT2D eigenvalue weighted by Crippen LogP contribution is -2.68. The number of carbonyl (C=O) groups is 3. The van der Waals surface area contributed by atoms with Gasteiger partial charge in [-0.2, -0.15) is 0 Å². The van der Waals surface area contributed by atoms with Crippen molar-refractivity contribution in [2.24, 2.45) is 5.92 Å². The van der Waals surface area contributed by atoms with Crippen LogP contribution in [0.4, 0.5) is 0 Å². The Hall–Kier alpha value is -2.61. The van der Waals surface area contributed by atoms with E-state index in [1.165, 1.54) is 26.7 Å². The Morgan fingerprint density at radius 1 is 1.00 bits per heavy atom. The molecule has 7 nitrogen and oxygen atoms in total. The molecule has 40 heavy (non-hydrogen) atoms. The lowest BCUT2D eigenvalue weighted by atomic mass is 9.55. The Balaban J connectivity index is 1.45. The zero-order valence-electron chi connectivity index (χ0n) is 23.0. The summed E-state index contributed by atoms with van der Waals surface area (Å²) >= 11 is 12.2. The number of halogens is 2. The number of likely N-dealkylation sites (tertiary alicyclic amines) is 1. The third-order valence-electron chi connectivity index (χ3n) is 8.61. The molecule has 0 spiro atoms. The van der Waals surface area contributed by atoms with Gasteiger partial charge >= 0.3 is 11.9 Å². The molecule has 3 fully saturated rings. The quantitative estimate of drug-likeness (QED) is 0.325. The van der Waals surface area contributed by atoms with Crippen LogP contribution in [0.3, 0.4) is 0 Å². The highest BCUT2D eigenvalue weighted by Gasteiger charge is 2.61. The van der Waals surface area contributed by atoms with Crippen LogP contribution in [0.25, 0.3) is 0 Å². The van der Waals surface area contributed by atoms with Gasteiger partial charge in [-0.15, -0.1) is 0 Å². The molecule has 2 aromatic carbocycles. The number of hydrogen-bond donors (Lipinski definition) is 1. The Bertz CT molecular complexity index is 1300. The number of amides is 1. The molecule has 1 aliphatic heterocycles. The Morgan fingerprint density at radius 3 is 2.50 bits per heavy atom. The number of fused-ring (bicyclic) bond motifs is 1. The van der Waals surface area contributed by atoms with Crippen molar-refractivity contribution in [1.29, 1.82) is 0 Å². The maximum Gasteiger partial charge on any atom is 0.308 e. The van der Waals surface area contributed by atoms with Gasteiger partial charge in [0.2, 0.25) is 5.91 Å². The number of piperidine rings is 1. The molecule has 0 unspecified atom stereocenters. The van der Waals surface area contributed by atoms with Gasteiger partial charge in [0.05, 0.1) is 16.5 Å². The van der Waals surface area contributed by atoms with E-state index in [1.54, 1.807) is 24.3 Å². The highest BCUT2D eigenvalue weighted by atomic mass is 35.5. The fraction of sp³-hybridized carbons (Fsp3) is 0.516. The Kier molecular flexibility index (Phi) is 8.46. The molecule has 1 N–H and O–H groups in total. The van der Waals surface area contributed by atoms with E-state index in [4.69, 9.17) is 32.7 Å². The molecule has 2 aromatic rings. The van der Waals surface area contributed by atoms with E-state index < -0.39 is 17.0 Å². The van der Waals surface area contributed by atoms with Gasteiger partial charge < -0.3 is 14.8 Å². The minimum atomic E-state index is -0.758. The van der Waals surface area contributed by atoms with E-state index in [0.717, 1.165) is 30.6 Å². The zero-order chi connectivity index (χ0) is 28.5. The molecular formula is C31H36Cl2N2O5. The van der Waals surface area contributed by atoms with Gasteiger partial charge in [0.15, 0.2) is 0 Å². The topological polar surface area (TPSA) is 84.9 Å². The van der Waals surface area contributed by atoms with Crippen LogP contribution in [0.5, 0.6) is 5.75 Å². The van der Waals surface area contributed by atoms with Crippen LogP contribution >= 0.6 is 23.2 Å². The van der Waals surface area contributed by atoms with Crippen molar-refractivity contribution < 1.29 is 23.9 Å². The summed E-state index contributed by atoms with van der Waals surface area (Å²) in [6.45, 7) is 5.37. The predicted octanol–water partition coefficient (Wildman–Crippen LogP) is 5.49. The van der Waals surface area contributed by atoms with Crippen molar-refractivity contribution in [3.63, 3.8) is 0 Å². The smallest absolute Gasteiger partial charge is 0.308 e. The predicted molar refractivity (Wildman–Crippen MR) is 154 cm³/mol. The van der Waals surface area contributed by atoms with Crippen molar-refractivity contribution in [3.05, 3.63) is 63.6 Å². The zero-order valence-corrected chi connectivity index (χ0v) is 24.5. The number of nitrogens with one attached hydrogen (secondary N) is 1. The van der Waals surface area contributed by atoms with Crippen LogP contribution in [0, 0.1) is 5.92 Å². The van der Waals surface area contributed by atoms with Crippen LogP contribution in [0.1, 0.15) is 63.5 Å². The Labute approximate surface area is 245 Å². The molecule has 3 atom stereocenters. The van der Waals surface area contributed by atoms with Crippen LogP contribution in [-0.4, -0.2) is 54.0 Å². The summed E-state index contributed by atoms with van der Waals surface area (Å²) in [7, 11) is 0. The second-order valence-electron chi connectivity index (χ2n) is 11.7. The number of carbonyl (C=O) groups excluding carboxylic acids is 3. The number of hydrogen-bond acceptors (Lipinski definition) is 6. The van der Waals surface area contributed by atoms with Crippen LogP contribution in [0.2, 0.25) is 10.0 Å². The maximum atomic E-state index is 13.2. The van der Waals surface area contributed by atoms with Gasteiger partial charge in [-0.05, 0) is 86.4 Å². The van der Waals surface area contributed by atoms with Crippen LogP contribution < -0.4 is 10.1 Å². The summed E-state index contributed by atoms with van der Waals surface area (Å²) in [4.78, 5) is 39.9. The van der Waals surface area contributed by atoms with Crippen molar-refractivity contribution in [3.8, 4) is 5.75 Å². The normalized spacial score (nSPS) is 26.4. The van der Waals surface area contributed by atoms with Gasteiger partial charge in [0.1, 0.15) is 11.4 Å². The number of nitrogens with zero attached hydrogens (tertiary/aromatic N) is 1. The summed E-state index contributed by atoms with van der Waals surface area (Å²) in [6, 6.07) is 12.7. The van der Waals surface area contributed by atoms with Crippen LogP contribution in [0.15, 0.2) is 42.5 Å². The van der Waals surface area contributed by atoms with E-state index in [-0.39, 0.29) is 24.3 Å². The lowest BCUT2D eigenvalue weighted by molar-refractivity contribution is -0.187. The number of benzene rings is 2. The van der Waals surface area contributed by atoms with Gasteiger partial charge in [-0.1, -0.05) is 41.4 Å². The van der Waals surface area contributed by atoms with Gasteiger partial charge in [0.25, 0.3) is 0 Å². The molecule has 1 saturated heterocycles. The molecular weight excluding hydrogens is 551 g/mol. The van der Waals surface area contributed by atoms with Crippen molar-refractivity contribution in [2.75, 3.05) is 19.6 Å². The first kappa shape index (κ1) is 28.9. The summed E-state index contributed by atoms with van der Waals surface area (Å²) in [5.74, 6) is 0.374. The first-order valence-electron chi connectivity index (χ1n) is 14.0. The number of esters is 2. The fourth-order valence-electron chi connectivity index (χ4n) is 6.77.